The van der Waals surface area contributed by atoms with E-state index in [1.54, 1.807) is 72.8 Å². The molecule has 4 rings (SSSR count). The van der Waals surface area contributed by atoms with Crippen LogP contribution in [0.25, 0.3) is 11.3 Å². The summed E-state index contributed by atoms with van der Waals surface area (Å²) >= 11 is 5.90. The quantitative estimate of drug-likeness (QED) is 0.249. The highest BCUT2D eigenvalue weighted by Crippen LogP contribution is 2.22. The minimum Gasteiger partial charge on any atom is -0.618 e. The van der Waals surface area contributed by atoms with Gasteiger partial charge < -0.3 is 21.2 Å². The van der Waals surface area contributed by atoms with E-state index in [1.165, 1.54) is 6.20 Å². The van der Waals surface area contributed by atoms with Gasteiger partial charge in [-0.3, -0.25) is 4.79 Å². The first-order chi connectivity index (χ1) is 16.9. The van der Waals surface area contributed by atoms with Crippen LogP contribution >= 0.6 is 11.6 Å². The molecule has 0 aliphatic heterocycles. The Balaban J connectivity index is 1.52. The molecule has 1 atom stereocenters. The molecule has 4 aromatic rings. The number of aromatic nitrogens is 1. The molecule has 3 aromatic carbocycles. The minimum atomic E-state index is -0.943. The Kier molecular flexibility index (Phi) is 7.28. The number of urea groups is 1. The topological polar surface area (TPSA) is 97.2 Å². The van der Waals surface area contributed by atoms with E-state index in [0.29, 0.717) is 27.7 Å². The van der Waals surface area contributed by atoms with Crippen molar-refractivity contribution in [3.63, 3.8) is 0 Å². The van der Waals surface area contributed by atoms with Crippen LogP contribution in [0.5, 0.6) is 0 Å². The third kappa shape index (κ3) is 5.96. The zero-order valence-electron chi connectivity index (χ0n) is 18.9. The fourth-order valence-electron chi connectivity index (χ4n) is 3.62. The maximum Gasteiger partial charge on any atom is 0.320 e. The summed E-state index contributed by atoms with van der Waals surface area (Å²) in [4.78, 5) is 26.0. The zero-order valence-corrected chi connectivity index (χ0v) is 19.6. The van der Waals surface area contributed by atoms with Gasteiger partial charge in [-0.2, -0.15) is 4.73 Å². The highest BCUT2D eigenvalue weighted by Gasteiger charge is 2.24. The maximum atomic E-state index is 13.3. The molecule has 0 bridgehead atoms. The molecule has 1 aromatic heterocycles. The predicted octanol–water partition coefficient (Wildman–Crippen LogP) is 5.45. The number of carbonyl (C=O) groups is 2. The normalized spacial score (nSPS) is 11.4. The van der Waals surface area contributed by atoms with Crippen molar-refractivity contribution in [2.75, 3.05) is 10.6 Å². The van der Waals surface area contributed by atoms with Crippen molar-refractivity contribution in [1.82, 2.24) is 5.32 Å². The SMILES string of the molecule is Cc1ccccc1C(NC(=O)Nc1ccc(Cl)cc1)C(=O)Nc1ccc(-c2cccc[n+]2[O-])cc1. The van der Waals surface area contributed by atoms with Crippen molar-refractivity contribution in [2.45, 2.75) is 13.0 Å². The standard InChI is InChI=1S/C27H23ClN4O3/c1-18-6-2-3-7-23(18)25(31-27(34)30-22-15-11-20(28)12-16-22)26(33)29-21-13-9-19(10-14-21)24-8-4-5-17-32(24)35/h2-17,25H,1H3,(H,29,33)(H2,30,31,34). The van der Waals surface area contributed by atoms with Crippen LogP contribution in [0.1, 0.15) is 17.2 Å². The van der Waals surface area contributed by atoms with Crippen LogP contribution in [-0.4, -0.2) is 11.9 Å². The second-order valence-electron chi connectivity index (χ2n) is 7.87. The minimum absolute atomic E-state index is 0.406. The average molecular weight is 487 g/mol. The van der Waals surface area contributed by atoms with Gasteiger partial charge in [-0.1, -0.05) is 35.9 Å². The highest BCUT2D eigenvalue weighted by atomic mass is 35.5. The molecule has 0 radical (unpaired) electrons. The van der Waals surface area contributed by atoms with Gasteiger partial charge in [0, 0.05) is 34.1 Å². The van der Waals surface area contributed by atoms with Crippen molar-refractivity contribution in [1.29, 1.82) is 0 Å². The lowest BCUT2D eigenvalue weighted by molar-refractivity contribution is -0.593. The summed E-state index contributed by atoms with van der Waals surface area (Å²) in [5.74, 6) is -0.406. The first kappa shape index (κ1) is 23.8. The van der Waals surface area contributed by atoms with Gasteiger partial charge in [0.2, 0.25) is 5.69 Å². The van der Waals surface area contributed by atoms with E-state index in [1.807, 2.05) is 25.1 Å². The van der Waals surface area contributed by atoms with Crippen molar-refractivity contribution in [3.05, 3.63) is 119 Å². The van der Waals surface area contributed by atoms with Gasteiger partial charge in [-0.05, 0) is 72.6 Å². The summed E-state index contributed by atoms with van der Waals surface area (Å²) in [6.45, 7) is 1.88. The molecule has 1 heterocycles. The van der Waals surface area contributed by atoms with Crippen LogP contribution in [0.4, 0.5) is 16.2 Å². The number of halogens is 1. The van der Waals surface area contributed by atoms with Gasteiger partial charge in [-0.15, -0.1) is 0 Å². The van der Waals surface area contributed by atoms with E-state index >= 15 is 0 Å². The van der Waals surface area contributed by atoms with Crippen LogP contribution in [0.2, 0.25) is 5.02 Å². The molecule has 0 spiro atoms. The maximum absolute atomic E-state index is 13.3. The molecule has 0 saturated heterocycles. The van der Waals surface area contributed by atoms with Crippen LogP contribution in [-0.2, 0) is 4.79 Å². The smallest absolute Gasteiger partial charge is 0.320 e. The molecule has 0 aliphatic rings. The molecule has 0 aliphatic carbocycles. The summed E-state index contributed by atoms with van der Waals surface area (Å²) < 4.78 is 0.783. The van der Waals surface area contributed by atoms with Gasteiger partial charge in [0.25, 0.3) is 5.91 Å². The first-order valence-electron chi connectivity index (χ1n) is 10.9. The molecule has 7 nitrogen and oxygen atoms in total. The van der Waals surface area contributed by atoms with E-state index in [9.17, 15) is 14.8 Å². The Morgan fingerprint density at radius 2 is 1.46 bits per heavy atom. The van der Waals surface area contributed by atoms with E-state index < -0.39 is 18.0 Å². The van der Waals surface area contributed by atoms with Crippen molar-refractivity contribution < 1.29 is 14.3 Å². The zero-order chi connectivity index (χ0) is 24.8. The molecule has 8 heteroatoms. The van der Waals surface area contributed by atoms with E-state index in [4.69, 9.17) is 11.6 Å². The molecule has 3 amide bonds. The number of nitrogens with zero attached hydrogens (tertiary/aromatic N) is 1. The molecule has 176 valence electrons. The molecular formula is C27H23ClN4O3. The van der Waals surface area contributed by atoms with Crippen LogP contribution in [0.15, 0.2) is 97.2 Å². The number of aryl methyl sites for hydroxylation is 1. The largest absolute Gasteiger partial charge is 0.618 e. The summed E-state index contributed by atoms with van der Waals surface area (Å²) in [6.07, 6.45) is 1.43. The number of benzene rings is 3. The molecule has 0 saturated carbocycles. The van der Waals surface area contributed by atoms with Gasteiger partial charge in [0.1, 0.15) is 6.04 Å². The monoisotopic (exact) mass is 486 g/mol. The molecular weight excluding hydrogens is 464 g/mol. The molecule has 35 heavy (non-hydrogen) atoms. The van der Waals surface area contributed by atoms with E-state index in [-0.39, 0.29) is 0 Å². The lowest BCUT2D eigenvalue weighted by Crippen LogP contribution is -2.39. The number of rotatable bonds is 6. The summed E-state index contributed by atoms with van der Waals surface area (Å²) in [6, 6.07) is 24.6. The van der Waals surface area contributed by atoms with E-state index in [0.717, 1.165) is 15.9 Å². The predicted molar refractivity (Wildman–Crippen MR) is 137 cm³/mol. The van der Waals surface area contributed by atoms with Crippen LogP contribution in [0, 0.1) is 12.1 Å². The molecule has 0 fully saturated rings. The number of pyridine rings is 1. The molecule has 1 unspecified atom stereocenters. The fraction of sp³-hybridized carbons (Fsp3) is 0.0741. The summed E-state index contributed by atoms with van der Waals surface area (Å²) in [5, 5.41) is 20.9. The Morgan fingerprint density at radius 1 is 0.829 bits per heavy atom. The summed E-state index contributed by atoms with van der Waals surface area (Å²) in [5.41, 5.74) is 3.83. The van der Waals surface area contributed by atoms with Gasteiger partial charge in [0.15, 0.2) is 6.20 Å². The van der Waals surface area contributed by atoms with E-state index in [2.05, 4.69) is 16.0 Å². The Labute approximate surface area is 208 Å². The number of carbonyl (C=O) groups excluding carboxylic acids is 2. The van der Waals surface area contributed by atoms with Gasteiger partial charge in [0.05, 0.1) is 0 Å². The number of anilines is 2. The van der Waals surface area contributed by atoms with Crippen LogP contribution < -0.4 is 20.7 Å². The van der Waals surface area contributed by atoms with Gasteiger partial charge >= 0.3 is 6.03 Å². The van der Waals surface area contributed by atoms with Crippen molar-refractivity contribution in [2.24, 2.45) is 0 Å². The lowest BCUT2D eigenvalue weighted by atomic mass is 10.0. The fourth-order valence-corrected chi connectivity index (χ4v) is 3.74. The van der Waals surface area contributed by atoms with Crippen molar-refractivity contribution in [3.8, 4) is 11.3 Å². The number of hydrogen-bond donors (Lipinski definition) is 3. The van der Waals surface area contributed by atoms with Crippen LogP contribution in [0.3, 0.4) is 0 Å². The number of amides is 3. The second kappa shape index (κ2) is 10.7. The van der Waals surface area contributed by atoms with Gasteiger partial charge in [-0.25, -0.2) is 4.79 Å². The van der Waals surface area contributed by atoms with Crippen molar-refractivity contribution >= 4 is 34.9 Å². The average Bonchev–Trinajstić information content (AvgIpc) is 2.85. The number of hydrogen-bond acceptors (Lipinski definition) is 3. The Bertz CT molecular complexity index is 1340. The Hall–Kier alpha value is -4.36. The summed E-state index contributed by atoms with van der Waals surface area (Å²) in [7, 11) is 0. The third-order valence-electron chi connectivity index (χ3n) is 5.41. The lowest BCUT2D eigenvalue weighted by Gasteiger charge is -2.21. The third-order valence-corrected chi connectivity index (χ3v) is 5.66. The first-order valence-corrected chi connectivity index (χ1v) is 11.3. The number of nitrogens with one attached hydrogen (secondary N) is 3. The highest BCUT2D eigenvalue weighted by molar-refractivity contribution is 6.30. The Morgan fingerprint density at radius 3 is 2.14 bits per heavy atom. The molecule has 3 N–H and O–H groups in total. The second-order valence-corrected chi connectivity index (χ2v) is 8.31.